The molecule has 0 fully saturated rings. The topological polar surface area (TPSA) is 26.3 Å². The lowest BCUT2D eigenvalue weighted by Crippen LogP contribution is -1.99. The Morgan fingerprint density at radius 1 is 1.39 bits per heavy atom. The van der Waals surface area contributed by atoms with Gasteiger partial charge >= 0.3 is 0 Å². The Hall–Kier alpha value is -0.840. The van der Waals surface area contributed by atoms with Gasteiger partial charge in [-0.05, 0) is 52.7 Å². The number of ketones is 1. The number of hydrogen-bond acceptors (Lipinski definition) is 3. The van der Waals surface area contributed by atoms with Crippen LogP contribution in [0.2, 0.25) is 5.02 Å². The van der Waals surface area contributed by atoms with Crippen LogP contribution >= 0.6 is 38.9 Å². The van der Waals surface area contributed by atoms with E-state index in [-0.39, 0.29) is 5.78 Å². The third-order valence-corrected chi connectivity index (χ3v) is 4.94. The van der Waals surface area contributed by atoms with Gasteiger partial charge in [0.15, 0.2) is 0 Å². The van der Waals surface area contributed by atoms with E-state index in [1.165, 1.54) is 18.4 Å². The first-order valence-corrected chi connectivity index (χ1v) is 7.16. The van der Waals surface area contributed by atoms with E-state index in [4.69, 9.17) is 16.3 Å². The molecule has 5 heteroatoms. The average Bonchev–Trinajstić information content (AvgIpc) is 2.69. The largest absolute Gasteiger partial charge is 0.495 e. The Labute approximate surface area is 123 Å². The summed E-state index contributed by atoms with van der Waals surface area (Å²) in [6.45, 7) is 1.96. The highest BCUT2D eigenvalue weighted by Gasteiger charge is 2.15. The molecule has 2 rings (SSSR count). The molecule has 0 atom stereocenters. The molecule has 0 saturated heterocycles. The van der Waals surface area contributed by atoms with Gasteiger partial charge in [0, 0.05) is 5.56 Å². The minimum Gasteiger partial charge on any atom is -0.495 e. The molecule has 0 bridgehead atoms. The van der Waals surface area contributed by atoms with Gasteiger partial charge in [0.1, 0.15) is 5.75 Å². The Morgan fingerprint density at radius 2 is 2.11 bits per heavy atom. The third-order valence-electron chi connectivity index (χ3n) is 2.49. The van der Waals surface area contributed by atoms with Crippen molar-refractivity contribution in [1.82, 2.24) is 0 Å². The van der Waals surface area contributed by atoms with Crippen molar-refractivity contribution < 1.29 is 9.53 Å². The minimum absolute atomic E-state index is 0.0243. The van der Waals surface area contributed by atoms with Crippen molar-refractivity contribution in [2.24, 2.45) is 0 Å². The van der Waals surface area contributed by atoms with Crippen LogP contribution in [0.1, 0.15) is 20.8 Å². The summed E-state index contributed by atoms with van der Waals surface area (Å²) in [4.78, 5) is 13.0. The summed E-state index contributed by atoms with van der Waals surface area (Å²) >= 11 is 10.8. The van der Waals surface area contributed by atoms with Gasteiger partial charge in [-0.1, -0.05) is 11.6 Å². The first-order chi connectivity index (χ1) is 8.52. The molecule has 0 aliphatic carbocycles. The van der Waals surface area contributed by atoms with Crippen LogP contribution in [0, 0.1) is 6.92 Å². The predicted molar refractivity (Wildman–Crippen MR) is 78.2 cm³/mol. The van der Waals surface area contributed by atoms with Crippen molar-refractivity contribution in [2.45, 2.75) is 6.92 Å². The number of hydrogen-bond donors (Lipinski definition) is 0. The van der Waals surface area contributed by atoms with Crippen LogP contribution in [0.3, 0.4) is 0 Å². The Bertz CT molecular complexity index is 588. The first kappa shape index (κ1) is 13.6. The average molecular weight is 346 g/mol. The molecule has 0 spiro atoms. The van der Waals surface area contributed by atoms with Gasteiger partial charge in [-0.2, -0.15) is 0 Å². The summed E-state index contributed by atoms with van der Waals surface area (Å²) in [5.74, 6) is 0.485. The summed E-state index contributed by atoms with van der Waals surface area (Å²) < 4.78 is 6.09. The van der Waals surface area contributed by atoms with E-state index < -0.39 is 0 Å². The second kappa shape index (κ2) is 5.43. The highest BCUT2D eigenvalue weighted by molar-refractivity contribution is 9.11. The molecule has 2 nitrogen and oxygen atoms in total. The molecule has 0 radical (unpaired) electrons. The molecule has 0 N–H and O–H groups in total. The summed E-state index contributed by atoms with van der Waals surface area (Å²) in [6, 6.07) is 6.91. The number of ether oxygens (including phenoxy) is 1. The SMILES string of the molecule is COc1cc(C(=O)c2cc(C)c(Br)s2)ccc1Cl. The number of thiophene rings is 1. The fourth-order valence-corrected chi connectivity index (χ4v) is 3.21. The van der Waals surface area contributed by atoms with Gasteiger partial charge in [-0.25, -0.2) is 0 Å². The quantitative estimate of drug-likeness (QED) is 0.753. The van der Waals surface area contributed by atoms with Crippen LogP contribution in [-0.2, 0) is 0 Å². The molecule has 18 heavy (non-hydrogen) atoms. The maximum atomic E-state index is 12.3. The lowest BCUT2D eigenvalue weighted by Gasteiger charge is -2.04. The van der Waals surface area contributed by atoms with E-state index in [0.29, 0.717) is 21.2 Å². The second-order valence-electron chi connectivity index (χ2n) is 3.75. The van der Waals surface area contributed by atoms with E-state index in [1.807, 2.05) is 13.0 Å². The van der Waals surface area contributed by atoms with Gasteiger partial charge < -0.3 is 4.74 Å². The Balaban J connectivity index is 2.39. The van der Waals surface area contributed by atoms with Crippen molar-refractivity contribution in [2.75, 3.05) is 7.11 Å². The van der Waals surface area contributed by atoms with E-state index in [2.05, 4.69) is 15.9 Å². The maximum absolute atomic E-state index is 12.3. The molecule has 0 amide bonds. The van der Waals surface area contributed by atoms with Crippen LogP contribution in [-0.4, -0.2) is 12.9 Å². The van der Waals surface area contributed by atoms with Crippen LogP contribution in [0.15, 0.2) is 28.1 Å². The van der Waals surface area contributed by atoms with Crippen LogP contribution < -0.4 is 4.74 Å². The molecule has 94 valence electrons. The summed E-state index contributed by atoms with van der Waals surface area (Å²) in [5, 5.41) is 0.498. The number of carbonyl (C=O) groups excluding carboxylic acids is 1. The van der Waals surface area contributed by atoms with Crippen LogP contribution in [0.25, 0.3) is 0 Å². The zero-order chi connectivity index (χ0) is 13.3. The number of aryl methyl sites for hydroxylation is 1. The highest BCUT2D eigenvalue weighted by atomic mass is 79.9. The zero-order valence-corrected chi connectivity index (χ0v) is 12.9. The summed E-state index contributed by atoms with van der Waals surface area (Å²) in [5.41, 5.74) is 1.63. The summed E-state index contributed by atoms with van der Waals surface area (Å²) in [6.07, 6.45) is 0. The van der Waals surface area contributed by atoms with Gasteiger partial charge in [0.25, 0.3) is 0 Å². The molecular formula is C13H10BrClO2S. The Morgan fingerprint density at radius 3 is 2.67 bits per heavy atom. The number of carbonyl (C=O) groups is 1. The monoisotopic (exact) mass is 344 g/mol. The van der Waals surface area contributed by atoms with E-state index >= 15 is 0 Å². The van der Waals surface area contributed by atoms with Crippen molar-refractivity contribution in [1.29, 1.82) is 0 Å². The molecule has 0 unspecified atom stereocenters. The van der Waals surface area contributed by atoms with E-state index in [9.17, 15) is 4.79 Å². The number of benzene rings is 1. The predicted octanol–water partition coefficient (Wildman–Crippen LogP) is 4.71. The smallest absolute Gasteiger partial charge is 0.203 e. The van der Waals surface area contributed by atoms with Crippen LogP contribution in [0.4, 0.5) is 0 Å². The standard InChI is InChI=1S/C13H10BrClO2S/c1-7-5-11(18-13(7)14)12(16)8-3-4-9(15)10(6-8)17-2/h3-6H,1-2H3. The van der Waals surface area contributed by atoms with Crippen molar-refractivity contribution in [3.8, 4) is 5.75 Å². The number of halogens is 2. The van der Waals surface area contributed by atoms with Gasteiger partial charge in [0.2, 0.25) is 5.78 Å². The lowest BCUT2D eigenvalue weighted by molar-refractivity contribution is 0.104. The molecule has 1 heterocycles. The first-order valence-electron chi connectivity index (χ1n) is 5.17. The van der Waals surface area contributed by atoms with Gasteiger partial charge in [-0.3, -0.25) is 4.79 Å². The van der Waals surface area contributed by atoms with E-state index in [1.54, 1.807) is 18.2 Å². The highest BCUT2D eigenvalue weighted by Crippen LogP contribution is 2.31. The van der Waals surface area contributed by atoms with Gasteiger partial charge in [-0.15, -0.1) is 11.3 Å². The van der Waals surface area contributed by atoms with Crippen molar-refractivity contribution in [3.63, 3.8) is 0 Å². The molecule has 0 saturated carbocycles. The fraction of sp³-hybridized carbons (Fsp3) is 0.154. The van der Waals surface area contributed by atoms with E-state index in [0.717, 1.165) is 9.35 Å². The fourth-order valence-electron chi connectivity index (χ4n) is 1.52. The third kappa shape index (κ3) is 2.60. The molecule has 1 aromatic carbocycles. The van der Waals surface area contributed by atoms with Crippen molar-refractivity contribution >= 4 is 44.7 Å². The molecule has 0 aliphatic rings. The lowest BCUT2D eigenvalue weighted by atomic mass is 10.1. The van der Waals surface area contributed by atoms with Crippen molar-refractivity contribution in [3.05, 3.63) is 49.1 Å². The number of methoxy groups -OCH3 is 1. The van der Waals surface area contributed by atoms with Gasteiger partial charge in [0.05, 0.1) is 20.8 Å². The van der Waals surface area contributed by atoms with Crippen LogP contribution in [0.5, 0.6) is 5.75 Å². The normalized spacial score (nSPS) is 10.4. The molecule has 0 aliphatic heterocycles. The maximum Gasteiger partial charge on any atom is 0.203 e. The number of rotatable bonds is 3. The summed E-state index contributed by atoms with van der Waals surface area (Å²) in [7, 11) is 1.53. The zero-order valence-electron chi connectivity index (χ0n) is 9.79. The second-order valence-corrected chi connectivity index (χ2v) is 6.52. The Kier molecular flexibility index (Phi) is 4.10. The molecule has 2 aromatic rings. The molecular weight excluding hydrogens is 336 g/mol. The minimum atomic E-state index is -0.0243. The molecule has 1 aromatic heterocycles.